The highest BCUT2D eigenvalue weighted by Gasteiger charge is 2.05. The van der Waals surface area contributed by atoms with Gasteiger partial charge in [-0.25, -0.2) is 8.42 Å². The number of aromatic nitrogens is 2. The van der Waals surface area contributed by atoms with Crippen molar-refractivity contribution in [3.63, 3.8) is 0 Å². The SMILES string of the molecule is CCCNc1nnc(CSCCS(C)(=O)=O)s1. The Bertz CT molecular complexity index is 430. The average molecular weight is 295 g/mol. The van der Waals surface area contributed by atoms with Crippen LogP contribution in [0.5, 0.6) is 0 Å². The highest BCUT2D eigenvalue weighted by molar-refractivity contribution is 8.00. The number of nitrogens with zero attached hydrogens (tertiary/aromatic N) is 2. The Labute approximate surface area is 110 Å². The van der Waals surface area contributed by atoms with Crippen LogP contribution in [0.25, 0.3) is 0 Å². The fourth-order valence-corrected chi connectivity index (χ4v) is 4.09. The maximum Gasteiger partial charge on any atom is 0.205 e. The van der Waals surface area contributed by atoms with Gasteiger partial charge in [0.25, 0.3) is 0 Å². The Kier molecular flexibility index (Phi) is 6.21. The second-order valence-electron chi connectivity index (χ2n) is 3.61. The van der Waals surface area contributed by atoms with E-state index in [0.717, 1.165) is 28.9 Å². The maximum atomic E-state index is 10.9. The Hall–Kier alpha value is -0.340. The van der Waals surface area contributed by atoms with E-state index in [-0.39, 0.29) is 5.75 Å². The van der Waals surface area contributed by atoms with E-state index >= 15 is 0 Å². The van der Waals surface area contributed by atoms with E-state index in [0.29, 0.717) is 5.75 Å². The normalized spacial score (nSPS) is 11.6. The molecule has 0 saturated heterocycles. The Morgan fingerprint density at radius 2 is 2.18 bits per heavy atom. The minimum absolute atomic E-state index is 0.220. The van der Waals surface area contributed by atoms with Crippen molar-refractivity contribution >= 4 is 38.1 Å². The molecule has 0 aliphatic heterocycles. The molecule has 0 atom stereocenters. The van der Waals surface area contributed by atoms with Crippen LogP contribution in [-0.2, 0) is 15.6 Å². The van der Waals surface area contributed by atoms with Crippen LogP contribution in [0.15, 0.2) is 0 Å². The van der Waals surface area contributed by atoms with Gasteiger partial charge in [0.1, 0.15) is 14.8 Å². The van der Waals surface area contributed by atoms with Crippen molar-refractivity contribution in [2.24, 2.45) is 0 Å². The monoisotopic (exact) mass is 295 g/mol. The third kappa shape index (κ3) is 6.85. The van der Waals surface area contributed by atoms with Crippen molar-refractivity contribution in [2.45, 2.75) is 19.1 Å². The number of sulfone groups is 1. The smallest absolute Gasteiger partial charge is 0.205 e. The molecule has 0 aromatic carbocycles. The Morgan fingerprint density at radius 3 is 2.82 bits per heavy atom. The minimum Gasteiger partial charge on any atom is -0.360 e. The van der Waals surface area contributed by atoms with Crippen LogP contribution in [0.1, 0.15) is 18.4 Å². The third-order valence-electron chi connectivity index (χ3n) is 1.82. The van der Waals surface area contributed by atoms with Crippen LogP contribution in [-0.4, -0.2) is 42.9 Å². The zero-order chi connectivity index (χ0) is 12.7. The first-order valence-corrected chi connectivity index (χ1v) is 9.36. The summed E-state index contributed by atoms with van der Waals surface area (Å²) >= 11 is 3.10. The molecule has 1 N–H and O–H groups in total. The number of anilines is 1. The molecule has 0 saturated carbocycles. The van der Waals surface area contributed by atoms with E-state index in [9.17, 15) is 8.42 Å². The van der Waals surface area contributed by atoms with Crippen LogP contribution in [0.3, 0.4) is 0 Å². The Morgan fingerprint density at radius 1 is 1.41 bits per heavy atom. The summed E-state index contributed by atoms with van der Waals surface area (Å²) in [6, 6.07) is 0. The molecular formula is C9H17N3O2S3. The van der Waals surface area contributed by atoms with E-state index in [1.54, 1.807) is 11.8 Å². The van der Waals surface area contributed by atoms with Gasteiger partial charge in [-0.3, -0.25) is 0 Å². The largest absolute Gasteiger partial charge is 0.360 e. The summed E-state index contributed by atoms with van der Waals surface area (Å²) in [4.78, 5) is 0. The molecule has 17 heavy (non-hydrogen) atoms. The summed E-state index contributed by atoms with van der Waals surface area (Å²) in [6.45, 7) is 2.99. The van der Waals surface area contributed by atoms with Crippen molar-refractivity contribution in [3.05, 3.63) is 5.01 Å². The predicted molar refractivity (Wildman–Crippen MR) is 74.6 cm³/mol. The van der Waals surface area contributed by atoms with Crippen LogP contribution in [0.4, 0.5) is 5.13 Å². The molecule has 0 fully saturated rings. The van der Waals surface area contributed by atoms with Crippen LogP contribution < -0.4 is 5.32 Å². The van der Waals surface area contributed by atoms with Gasteiger partial charge in [-0.05, 0) is 6.42 Å². The summed E-state index contributed by atoms with van der Waals surface area (Å²) in [7, 11) is -2.85. The van der Waals surface area contributed by atoms with Crippen molar-refractivity contribution in [1.82, 2.24) is 10.2 Å². The van der Waals surface area contributed by atoms with E-state index < -0.39 is 9.84 Å². The standard InChI is InChI=1S/C9H17N3O2S3/c1-3-4-10-9-12-11-8(16-9)7-15-5-6-17(2,13)14/h3-7H2,1-2H3,(H,10,12). The van der Waals surface area contributed by atoms with E-state index in [4.69, 9.17) is 0 Å². The molecule has 5 nitrogen and oxygen atoms in total. The first-order valence-electron chi connectivity index (χ1n) is 5.33. The molecule has 1 rings (SSSR count). The molecule has 0 aliphatic rings. The van der Waals surface area contributed by atoms with Gasteiger partial charge >= 0.3 is 0 Å². The first-order chi connectivity index (χ1) is 8.01. The molecule has 0 bridgehead atoms. The summed E-state index contributed by atoms with van der Waals surface area (Å²) < 4.78 is 21.8. The zero-order valence-electron chi connectivity index (χ0n) is 9.97. The van der Waals surface area contributed by atoms with Gasteiger partial charge in [0.15, 0.2) is 0 Å². The number of hydrogen-bond acceptors (Lipinski definition) is 7. The summed E-state index contributed by atoms with van der Waals surface area (Å²) in [5, 5.41) is 13.0. The molecular weight excluding hydrogens is 278 g/mol. The minimum atomic E-state index is -2.85. The van der Waals surface area contributed by atoms with Crippen molar-refractivity contribution in [1.29, 1.82) is 0 Å². The highest BCUT2D eigenvalue weighted by Crippen LogP contribution is 2.20. The van der Waals surface area contributed by atoms with Gasteiger partial charge in [-0.1, -0.05) is 18.3 Å². The van der Waals surface area contributed by atoms with Crippen LogP contribution in [0, 0.1) is 0 Å². The molecule has 0 spiro atoms. The van der Waals surface area contributed by atoms with Crippen molar-refractivity contribution in [3.8, 4) is 0 Å². The maximum absolute atomic E-state index is 10.9. The van der Waals surface area contributed by atoms with Gasteiger partial charge in [0.2, 0.25) is 5.13 Å². The lowest BCUT2D eigenvalue weighted by Gasteiger charge is -1.97. The molecule has 1 aromatic rings. The molecule has 0 unspecified atom stereocenters. The van der Waals surface area contributed by atoms with E-state index in [2.05, 4.69) is 22.4 Å². The lowest BCUT2D eigenvalue weighted by Crippen LogP contribution is -2.05. The molecule has 1 aromatic heterocycles. The second-order valence-corrected chi connectivity index (χ2v) is 8.04. The second kappa shape index (κ2) is 7.17. The fraction of sp³-hybridized carbons (Fsp3) is 0.778. The molecule has 1 heterocycles. The molecule has 0 amide bonds. The summed E-state index contributed by atoms with van der Waals surface area (Å²) in [5.41, 5.74) is 0. The predicted octanol–water partition coefficient (Wildman–Crippen LogP) is 1.64. The average Bonchev–Trinajstić information content (AvgIpc) is 2.68. The first kappa shape index (κ1) is 14.7. The van der Waals surface area contributed by atoms with Crippen molar-refractivity contribution in [2.75, 3.05) is 29.6 Å². The van der Waals surface area contributed by atoms with Gasteiger partial charge in [0.05, 0.1) is 5.75 Å². The van der Waals surface area contributed by atoms with Gasteiger partial charge < -0.3 is 5.32 Å². The lowest BCUT2D eigenvalue weighted by molar-refractivity contribution is 0.603. The number of hydrogen-bond donors (Lipinski definition) is 1. The van der Waals surface area contributed by atoms with Crippen LogP contribution >= 0.6 is 23.1 Å². The quantitative estimate of drug-likeness (QED) is 0.735. The Balaban J connectivity index is 2.25. The molecule has 8 heteroatoms. The lowest BCUT2D eigenvalue weighted by atomic mass is 10.5. The summed E-state index contributed by atoms with van der Waals surface area (Å²) in [5.74, 6) is 1.55. The summed E-state index contributed by atoms with van der Waals surface area (Å²) in [6.07, 6.45) is 2.31. The fourth-order valence-electron chi connectivity index (χ4n) is 0.985. The van der Waals surface area contributed by atoms with Gasteiger partial charge in [0, 0.05) is 24.3 Å². The number of rotatable bonds is 8. The van der Waals surface area contributed by atoms with Gasteiger partial charge in [-0.2, -0.15) is 11.8 Å². The number of thioether (sulfide) groups is 1. The zero-order valence-corrected chi connectivity index (χ0v) is 12.4. The highest BCUT2D eigenvalue weighted by atomic mass is 32.2. The van der Waals surface area contributed by atoms with E-state index in [1.807, 2.05) is 0 Å². The van der Waals surface area contributed by atoms with Crippen molar-refractivity contribution < 1.29 is 8.42 Å². The molecule has 98 valence electrons. The van der Waals surface area contributed by atoms with E-state index in [1.165, 1.54) is 17.6 Å². The third-order valence-corrected chi connectivity index (χ3v) is 5.06. The van der Waals surface area contributed by atoms with Crippen LogP contribution in [0.2, 0.25) is 0 Å². The van der Waals surface area contributed by atoms with Gasteiger partial charge in [-0.15, -0.1) is 10.2 Å². The topological polar surface area (TPSA) is 72.0 Å². The molecule has 0 radical (unpaired) electrons. The molecule has 0 aliphatic carbocycles. The number of nitrogens with one attached hydrogen (secondary N) is 1.